The van der Waals surface area contributed by atoms with E-state index in [4.69, 9.17) is 0 Å². The van der Waals surface area contributed by atoms with Crippen molar-refractivity contribution in [2.75, 3.05) is 23.3 Å². The molecule has 0 radical (unpaired) electrons. The summed E-state index contributed by atoms with van der Waals surface area (Å²) in [5.74, 6) is -12.6. The van der Waals surface area contributed by atoms with Crippen molar-refractivity contribution in [2.45, 2.75) is 20.8 Å². The van der Waals surface area contributed by atoms with E-state index in [1.165, 1.54) is 10.9 Å². The van der Waals surface area contributed by atoms with Gasteiger partial charge in [-0.15, -0.1) is 10.2 Å². The van der Waals surface area contributed by atoms with Crippen LogP contribution >= 0.6 is 0 Å². The van der Waals surface area contributed by atoms with Crippen LogP contribution < -0.4 is 10.2 Å². The number of nitrogens with one attached hydrogen (secondary N) is 1. The molecule has 4 aromatic rings. The zero-order valence-electron chi connectivity index (χ0n) is 19.0. The summed E-state index contributed by atoms with van der Waals surface area (Å²) >= 11 is 0. The van der Waals surface area contributed by atoms with E-state index in [1.54, 1.807) is 13.0 Å². The van der Waals surface area contributed by atoms with Gasteiger partial charge in [0, 0.05) is 24.5 Å². The predicted molar refractivity (Wildman–Crippen MR) is 121 cm³/mol. The Bertz CT molecular complexity index is 1400. The van der Waals surface area contributed by atoms with Crippen LogP contribution in [0.3, 0.4) is 0 Å². The van der Waals surface area contributed by atoms with Crippen molar-refractivity contribution in [1.29, 1.82) is 0 Å². The molecular weight excluding hydrogens is 469 g/mol. The number of hydrogen-bond donors (Lipinski definition) is 1. The molecule has 0 spiro atoms. The molecule has 11 heteroatoms. The largest absolute Gasteiger partial charge is 0.372 e. The summed E-state index contributed by atoms with van der Waals surface area (Å²) in [6.07, 6.45) is 0. The number of nitrogens with zero attached hydrogens (tertiary/aromatic N) is 4. The van der Waals surface area contributed by atoms with Crippen molar-refractivity contribution in [3.05, 3.63) is 76.6 Å². The summed E-state index contributed by atoms with van der Waals surface area (Å²) in [5, 5.41) is 11.0. The van der Waals surface area contributed by atoms with Gasteiger partial charge in [0.15, 0.2) is 23.3 Å². The highest BCUT2D eigenvalue weighted by Gasteiger charge is 2.30. The lowest BCUT2D eigenvalue weighted by Gasteiger charge is -2.20. The smallest absolute Gasteiger partial charge is 0.261 e. The summed E-state index contributed by atoms with van der Waals surface area (Å²) in [5.41, 5.74) is 1.50. The Hall–Kier alpha value is -4.02. The number of rotatable bonds is 6. The van der Waals surface area contributed by atoms with E-state index in [-0.39, 0.29) is 5.69 Å². The molecule has 0 saturated carbocycles. The number of halogens is 5. The molecule has 1 heterocycles. The minimum absolute atomic E-state index is 0.0790. The van der Waals surface area contributed by atoms with E-state index >= 15 is 0 Å². The van der Waals surface area contributed by atoms with Crippen molar-refractivity contribution < 1.29 is 26.7 Å². The van der Waals surface area contributed by atoms with Gasteiger partial charge in [0.2, 0.25) is 5.82 Å². The average Bonchev–Trinajstić information content (AvgIpc) is 3.25. The van der Waals surface area contributed by atoms with Crippen LogP contribution in [0.5, 0.6) is 0 Å². The van der Waals surface area contributed by atoms with Crippen molar-refractivity contribution >= 4 is 28.3 Å². The van der Waals surface area contributed by atoms with Crippen molar-refractivity contribution in [2.24, 2.45) is 0 Å². The van der Waals surface area contributed by atoms with Gasteiger partial charge in [-0.05, 0) is 62.7 Å². The van der Waals surface area contributed by atoms with Gasteiger partial charge in [-0.25, -0.2) is 22.0 Å². The van der Waals surface area contributed by atoms with Crippen LogP contribution in [0.15, 0.2) is 36.4 Å². The number of hydrogen-bond acceptors (Lipinski definition) is 4. The van der Waals surface area contributed by atoms with Gasteiger partial charge in [0.25, 0.3) is 5.91 Å². The van der Waals surface area contributed by atoms with Crippen LogP contribution in [0.1, 0.15) is 29.8 Å². The van der Waals surface area contributed by atoms with Gasteiger partial charge < -0.3 is 10.2 Å². The second-order valence-corrected chi connectivity index (χ2v) is 7.73. The van der Waals surface area contributed by atoms with Gasteiger partial charge >= 0.3 is 0 Å². The number of aryl methyl sites for hydroxylation is 1. The highest BCUT2D eigenvalue weighted by atomic mass is 19.2. The van der Waals surface area contributed by atoms with Gasteiger partial charge in [-0.3, -0.25) is 4.79 Å². The molecule has 6 nitrogen and oxygen atoms in total. The lowest BCUT2D eigenvalue weighted by Crippen LogP contribution is -2.21. The molecule has 1 amide bonds. The Balaban J connectivity index is 1.65. The number of benzene rings is 3. The maximum Gasteiger partial charge on any atom is 0.261 e. The van der Waals surface area contributed by atoms with Gasteiger partial charge in [-0.1, -0.05) is 0 Å². The second kappa shape index (κ2) is 9.32. The van der Waals surface area contributed by atoms with E-state index < -0.39 is 40.6 Å². The minimum Gasteiger partial charge on any atom is -0.372 e. The van der Waals surface area contributed by atoms with Crippen molar-refractivity contribution in [3.8, 4) is 5.69 Å². The third-order valence-electron chi connectivity index (χ3n) is 5.62. The van der Waals surface area contributed by atoms with E-state index in [0.717, 1.165) is 18.8 Å². The normalized spacial score (nSPS) is 11.2. The SMILES string of the molecule is CCN(CC)c1ccc(-n2nc3cc(C)c(NC(=O)c4c(F)c(F)c(F)c(F)c4F)cc3n2)cc1. The third-order valence-corrected chi connectivity index (χ3v) is 5.62. The molecule has 1 aromatic heterocycles. The highest BCUT2D eigenvalue weighted by molar-refractivity contribution is 6.05. The monoisotopic (exact) mass is 489 g/mol. The maximum absolute atomic E-state index is 14.0. The standard InChI is InChI=1S/C24H20F5N5O/c1-4-33(5-2)13-6-8-14(9-7-13)34-31-16-10-12(3)15(11-17(16)32-34)30-24(35)18-19(25)21(27)23(29)22(28)20(18)26/h6-11H,4-5H2,1-3H3,(H,30,35). The molecule has 3 aromatic carbocycles. The zero-order chi connectivity index (χ0) is 25.4. The van der Waals surface area contributed by atoms with Gasteiger partial charge in [-0.2, -0.15) is 4.80 Å². The molecule has 0 aliphatic rings. The lowest BCUT2D eigenvalue weighted by molar-refractivity contribution is 0.101. The number of carbonyl (C=O) groups is 1. The van der Waals surface area contributed by atoms with E-state index in [0.29, 0.717) is 22.3 Å². The molecule has 4 rings (SSSR count). The van der Waals surface area contributed by atoms with E-state index in [9.17, 15) is 26.7 Å². The molecule has 1 N–H and O–H groups in total. The summed E-state index contributed by atoms with van der Waals surface area (Å²) < 4.78 is 68.3. The van der Waals surface area contributed by atoms with Crippen LogP contribution in [0.4, 0.5) is 33.3 Å². The molecule has 0 aliphatic carbocycles. The fourth-order valence-electron chi connectivity index (χ4n) is 3.69. The predicted octanol–water partition coefficient (Wildman–Crippen LogP) is 5.52. The van der Waals surface area contributed by atoms with Crippen LogP contribution in [0.25, 0.3) is 16.7 Å². The fraction of sp³-hybridized carbons (Fsp3) is 0.208. The third kappa shape index (κ3) is 4.29. The Kier molecular flexibility index (Phi) is 6.42. The van der Waals surface area contributed by atoms with Crippen LogP contribution in [0, 0.1) is 36.0 Å². The molecule has 0 bridgehead atoms. The van der Waals surface area contributed by atoms with Crippen LogP contribution in [0.2, 0.25) is 0 Å². The number of carbonyl (C=O) groups excluding carboxylic acids is 1. The first-order chi connectivity index (χ1) is 16.7. The summed E-state index contributed by atoms with van der Waals surface area (Å²) in [4.78, 5) is 16.0. The number of aromatic nitrogens is 3. The molecule has 0 aliphatic heterocycles. The van der Waals surface area contributed by atoms with Crippen molar-refractivity contribution in [1.82, 2.24) is 15.0 Å². The quantitative estimate of drug-likeness (QED) is 0.220. The van der Waals surface area contributed by atoms with E-state index in [2.05, 4.69) is 34.3 Å². The molecule has 182 valence electrons. The second-order valence-electron chi connectivity index (χ2n) is 7.73. The Morgan fingerprint density at radius 3 is 1.91 bits per heavy atom. The highest BCUT2D eigenvalue weighted by Crippen LogP contribution is 2.27. The molecule has 0 unspecified atom stereocenters. The lowest BCUT2D eigenvalue weighted by atomic mass is 10.1. The average molecular weight is 489 g/mol. The molecule has 0 atom stereocenters. The summed E-state index contributed by atoms with van der Waals surface area (Å²) in [7, 11) is 0. The Morgan fingerprint density at radius 2 is 1.37 bits per heavy atom. The maximum atomic E-state index is 14.0. The van der Waals surface area contributed by atoms with Gasteiger partial charge in [0.05, 0.1) is 5.69 Å². The molecule has 35 heavy (non-hydrogen) atoms. The Labute approximate surface area is 197 Å². The summed E-state index contributed by atoms with van der Waals surface area (Å²) in [6.45, 7) is 7.43. The number of amides is 1. The van der Waals surface area contributed by atoms with Crippen molar-refractivity contribution in [3.63, 3.8) is 0 Å². The fourth-order valence-corrected chi connectivity index (χ4v) is 3.69. The van der Waals surface area contributed by atoms with Crippen LogP contribution in [-0.2, 0) is 0 Å². The van der Waals surface area contributed by atoms with Gasteiger partial charge in [0.1, 0.15) is 16.6 Å². The summed E-state index contributed by atoms with van der Waals surface area (Å²) in [6, 6.07) is 10.6. The first-order valence-electron chi connectivity index (χ1n) is 10.7. The first kappa shape index (κ1) is 24.1. The first-order valence-corrected chi connectivity index (χ1v) is 10.7. The number of fused-ring (bicyclic) bond motifs is 1. The molecular formula is C24H20F5N5O. The van der Waals surface area contributed by atoms with Crippen LogP contribution in [-0.4, -0.2) is 34.0 Å². The molecule has 0 saturated heterocycles. The minimum atomic E-state index is -2.34. The molecule has 0 fully saturated rings. The Morgan fingerprint density at radius 1 is 0.857 bits per heavy atom. The zero-order valence-corrected chi connectivity index (χ0v) is 19.0. The van der Waals surface area contributed by atoms with E-state index in [1.807, 2.05) is 24.3 Å². The topological polar surface area (TPSA) is 63.1 Å². The number of anilines is 2.